The maximum atomic E-state index is 6.03. The quantitative estimate of drug-likeness (QED) is 0.925. The fourth-order valence-corrected chi connectivity index (χ4v) is 4.02. The zero-order valence-electron chi connectivity index (χ0n) is 12.2. The Hall–Kier alpha value is -1.10. The molecule has 0 aliphatic carbocycles. The van der Waals surface area contributed by atoms with Gasteiger partial charge in [0.25, 0.3) is 0 Å². The van der Waals surface area contributed by atoms with Crippen molar-refractivity contribution < 1.29 is 0 Å². The zero-order chi connectivity index (χ0) is 14.3. The second-order valence-corrected chi connectivity index (χ2v) is 6.99. The number of piperidine rings is 1. The van der Waals surface area contributed by atoms with Gasteiger partial charge in [-0.05, 0) is 56.4 Å². The zero-order valence-corrected chi connectivity index (χ0v) is 12.9. The molecule has 0 unspecified atom stereocenters. The number of nitrogens with zero attached hydrogens (tertiary/aromatic N) is 3. The lowest BCUT2D eigenvalue weighted by Crippen LogP contribution is -2.38. The van der Waals surface area contributed by atoms with Gasteiger partial charge in [-0.3, -0.25) is 4.90 Å². The van der Waals surface area contributed by atoms with Crippen LogP contribution in [0.5, 0.6) is 0 Å². The molecule has 21 heavy (non-hydrogen) atoms. The Balaban J connectivity index is 1.48. The maximum Gasteiger partial charge on any atom is 0.137 e. The number of fused-ring (bicyclic) bond motifs is 1. The molecule has 1 spiro atoms. The number of nitrogens with one attached hydrogen (secondary N) is 1. The lowest BCUT2D eigenvalue weighted by molar-refractivity contribution is 0.193. The third kappa shape index (κ3) is 2.68. The summed E-state index contributed by atoms with van der Waals surface area (Å²) < 4.78 is 2.02. The van der Waals surface area contributed by atoms with E-state index in [0.717, 1.165) is 22.9 Å². The van der Waals surface area contributed by atoms with E-state index >= 15 is 0 Å². The molecular weight excluding hydrogens is 284 g/mol. The molecule has 2 saturated heterocycles. The van der Waals surface area contributed by atoms with Crippen molar-refractivity contribution in [2.24, 2.45) is 5.41 Å². The van der Waals surface area contributed by atoms with Crippen molar-refractivity contribution in [3.05, 3.63) is 35.2 Å². The molecule has 0 bridgehead atoms. The fraction of sp³-hybridized carbons (Fsp3) is 0.562. The van der Waals surface area contributed by atoms with E-state index in [1.807, 2.05) is 22.7 Å². The SMILES string of the molecule is Clc1ccc2nc(CN3CCC4(CCNCC4)C3)cn2c1. The molecule has 0 saturated carbocycles. The van der Waals surface area contributed by atoms with Gasteiger partial charge in [-0.25, -0.2) is 4.98 Å². The Morgan fingerprint density at radius 2 is 2.05 bits per heavy atom. The van der Waals surface area contributed by atoms with E-state index < -0.39 is 0 Å². The summed E-state index contributed by atoms with van der Waals surface area (Å²) >= 11 is 6.03. The predicted octanol–water partition coefficient (Wildman–Crippen LogP) is 2.56. The van der Waals surface area contributed by atoms with Crippen LogP contribution in [0.25, 0.3) is 5.65 Å². The van der Waals surface area contributed by atoms with Crippen molar-refractivity contribution >= 4 is 17.2 Å². The van der Waals surface area contributed by atoms with E-state index in [1.54, 1.807) is 0 Å². The fourth-order valence-electron chi connectivity index (χ4n) is 3.85. The number of hydrogen-bond donors (Lipinski definition) is 1. The van der Waals surface area contributed by atoms with E-state index in [2.05, 4.69) is 16.4 Å². The molecule has 2 aliphatic heterocycles. The first-order chi connectivity index (χ1) is 10.2. The van der Waals surface area contributed by atoms with E-state index in [-0.39, 0.29) is 0 Å². The van der Waals surface area contributed by atoms with Crippen molar-refractivity contribution in [1.29, 1.82) is 0 Å². The van der Waals surface area contributed by atoms with Gasteiger partial charge in [0.15, 0.2) is 0 Å². The van der Waals surface area contributed by atoms with E-state index in [1.165, 1.54) is 45.4 Å². The lowest BCUT2D eigenvalue weighted by atomic mass is 9.78. The monoisotopic (exact) mass is 304 g/mol. The molecular formula is C16H21ClN4. The average molecular weight is 305 g/mol. The summed E-state index contributed by atoms with van der Waals surface area (Å²) in [6, 6.07) is 3.87. The molecule has 5 heteroatoms. The Morgan fingerprint density at radius 1 is 1.19 bits per heavy atom. The van der Waals surface area contributed by atoms with Crippen LogP contribution in [0.15, 0.2) is 24.5 Å². The van der Waals surface area contributed by atoms with Crippen LogP contribution in [0.1, 0.15) is 25.0 Å². The van der Waals surface area contributed by atoms with Crippen molar-refractivity contribution in [3.8, 4) is 0 Å². The molecule has 0 atom stereocenters. The van der Waals surface area contributed by atoms with Crippen LogP contribution in [0.2, 0.25) is 5.02 Å². The van der Waals surface area contributed by atoms with E-state index in [9.17, 15) is 0 Å². The van der Waals surface area contributed by atoms with Crippen molar-refractivity contribution in [2.45, 2.75) is 25.8 Å². The smallest absolute Gasteiger partial charge is 0.137 e. The maximum absolute atomic E-state index is 6.03. The van der Waals surface area contributed by atoms with Crippen LogP contribution >= 0.6 is 11.6 Å². The highest BCUT2D eigenvalue weighted by Crippen LogP contribution is 2.38. The van der Waals surface area contributed by atoms with Crippen LogP contribution in [-0.4, -0.2) is 40.5 Å². The Bertz CT molecular complexity index is 645. The van der Waals surface area contributed by atoms with Crippen molar-refractivity contribution in [2.75, 3.05) is 26.2 Å². The molecule has 1 N–H and O–H groups in total. The first-order valence-electron chi connectivity index (χ1n) is 7.79. The molecule has 0 radical (unpaired) electrons. The van der Waals surface area contributed by atoms with E-state index in [0.29, 0.717) is 5.41 Å². The van der Waals surface area contributed by atoms with Gasteiger partial charge in [-0.1, -0.05) is 11.6 Å². The third-order valence-corrected chi connectivity index (χ3v) is 5.26. The molecule has 0 aromatic carbocycles. The van der Waals surface area contributed by atoms with Gasteiger partial charge in [0.1, 0.15) is 5.65 Å². The van der Waals surface area contributed by atoms with Gasteiger partial charge < -0.3 is 9.72 Å². The number of aromatic nitrogens is 2. The molecule has 2 aromatic heterocycles. The summed E-state index contributed by atoms with van der Waals surface area (Å²) in [5.74, 6) is 0. The number of likely N-dealkylation sites (tertiary alicyclic amines) is 1. The highest BCUT2D eigenvalue weighted by molar-refractivity contribution is 6.30. The summed E-state index contributed by atoms with van der Waals surface area (Å²) in [4.78, 5) is 7.27. The van der Waals surface area contributed by atoms with Crippen LogP contribution in [0.3, 0.4) is 0 Å². The molecule has 4 heterocycles. The summed E-state index contributed by atoms with van der Waals surface area (Å²) in [6.07, 6.45) is 8.02. The van der Waals surface area contributed by atoms with Gasteiger partial charge in [-0.15, -0.1) is 0 Å². The summed E-state index contributed by atoms with van der Waals surface area (Å²) in [7, 11) is 0. The number of halogens is 1. The number of rotatable bonds is 2. The van der Waals surface area contributed by atoms with Crippen LogP contribution < -0.4 is 5.32 Å². The number of imidazole rings is 1. The Kier molecular flexibility index (Phi) is 3.40. The number of pyridine rings is 1. The minimum Gasteiger partial charge on any atom is -0.317 e. The molecule has 112 valence electrons. The number of hydrogen-bond acceptors (Lipinski definition) is 3. The Morgan fingerprint density at radius 3 is 2.90 bits per heavy atom. The van der Waals surface area contributed by atoms with Gasteiger partial charge in [-0.2, -0.15) is 0 Å². The van der Waals surface area contributed by atoms with Gasteiger partial charge >= 0.3 is 0 Å². The molecule has 4 nitrogen and oxygen atoms in total. The summed E-state index contributed by atoms with van der Waals surface area (Å²) in [6.45, 7) is 5.74. The van der Waals surface area contributed by atoms with Gasteiger partial charge in [0, 0.05) is 25.5 Å². The second kappa shape index (κ2) is 5.27. The highest BCUT2D eigenvalue weighted by Gasteiger charge is 2.38. The summed E-state index contributed by atoms with van der Waals surface area (Å²) in [5.41, 5.74) is 2.68. The molecule has 2 aromatic rings. The largest absolute Gasteiger partial charge is 0.317 e. The minimum absolute atomic E-state index is 0.563. The normalized spacial score (nSPS) is 22.3. The standard InChI is InChI=1S/C16H21ClN4/c17-13-1-2-15-19-14(11-21(15)9-13)10-20-8-5-16(12-20)3-6-18-7-4-16/h1-2,9,11,18H,3-8,10,12H2. The van der Waals surface area contributed by atoms with Crippen molar-refractivity contribution in [1.82, 2.24) is 19.6 Å². The first-order valence-corrected chi connectivity index (χ1v) is 8.17. The van der Waals surface area contributed by atoms with Gasteiger partial charge in [0.05, 0.1) is 10.7 Å². The molecule has 0 amide bonds. The highest BCUT2D eigenvalue weighted by atomic mass is 35.5. The minimum atomic E-state index is 0.563. The Labute approximate surface area is 130 Å². The molecule has 4 rings (SSSR count). The van der Waals surface area contributed by atoms with E-state index in [4.69, 9.17) is 16.6 Å². The van der Waals surface area contributed by atoms with Crippen LogP contribution in [-0.2, 0) is 6.54 Å². The molecule has 2 fully saturated rings. The topological polar surface area (TPSA) is 32.6 Å². The first kappa shape index (κ1) is 13.6. The lowest BCUT2D eigenvalue weighted by Gasteiger charge is -2.33. The third-order valence-electron chi connectivity index (χ3n) is 5.03. The molecule has 2 aliphatic rings. The average Bonchev–Trinajstić information content (AvgIpc) is 3.04. The van der Waals surface area contributed by atoms with Crippen LogP contribution in [0, 0.1) is 5.41 Å². The van der Waals surface area contributed by atoms with Gasteiger partial charge in [0.2, 0.25) is 0 Å². The predicted molar refractivity (Wildman–Crippen MR) is 84.6 cm³/mol. The second-order valence-electron chi connectivity index (χ2n) is 6.56. The van der Waals surface area contributed by atoms with Crippen molar-refractivity contribution in [3.63, 3.8) is 0 Å². The summed E-state index contributed by atoms with van der Waals surface area (Å²) in [5, 5.41) is 4.23. The van der Waals surface area contributed by atoms with Crippen LogP contribution in [0.4, 0.5) is 0 Å².